The van der Waals surface area contributed by atoms with Gasteiger partial charge in [-0.2, -0.15) is 0 Å². The fourth-order valence-electron chi connectivity index (χ4n) is 1.30. The Bertz CT molecular complexity index is 556. The van der Waals surface area contributed by atoms with Gasteiger partial charge in [0.1, 0.15) is 0 Å². The van der Waals surface area contributed by atoms with Crippen molar-refractivity contribution in [3.05, 3.63) is 20.1 Å². The molecule has 0 amide bonds. The van der Waals surface area contributed by atoms with Crippen molar-refractivity contribution in [2.75, 3.05) is 6.26 Å². The van der Waals surface area contributed by atoms with Gasteiger partial charge in [-0.1, -0.05) is 0 Å². The van der Waals surface area contributed by atoms with E-state index in [9.17, 15) is 16.1 Å². The molecule has 0 fully saturated rings. The van der Waals surface area contributed by atoms with E-state index in [2.05, 4.69) is 4.98 Å². The summed E-state index contributed by atoms with van der Waals surface area (Å²) in [7, 11) is -3.62. The minimum atomic E-state index is -3.62. The molecule has 0 aromatic carbocycles. The molecule has 0 aliphatic carbocycles. The van der Waals surface area contributed by atoms with Crippen LogP contribution in [0, 0.1) is 3.70 Å². The fraction of sp³-hybridized carbons (Fsp3) is 0.556. The van der Waals surface area contributed by atoms with E-state index >= 15 is 0 Å². The van der Waals surface area contributed by atoms with Crippen molar-refractivity contribution < 1.29 is 33.1 Å². The van der Waals surface area contributed by atoms with Crippen molar-refractivity contribution in [3.8, 4) is 0 Å². The Kier molecular flexibility index (Phi) is 5.04. The van der Waals surface area contributed by atoms with Crippen LogP contribution < -0.4 is 27.3 Å². The summed E-state index contributed by atoms with van der Waals surface area (Å²) >= 11 is -1.89. The van der Waals surface area contributed by atoms with Crippen molar-refractivity contribution in [1.29, 1.82) is 0 Å². The van der Waals surface area contributed by atoms with Crippen LogP contribution in [0.25, 0.3) is 0 Å². The summed E-state index contributed by atoms with van der Waals surface area (Å²) in [5.74, 6) is 0. The summed E-state index contributed by atoms with van der Waals surface area (Å²) in [6.45, 7) is 2.22. The van der Waals surface area contributed by atoms with Gasteiger partial charge < -0.3 is 0 Å². The van der Waals surface area contributed by atoms with Gasteiger partial charge in [-0.3, -0.25) is 0 Å². The molecule has 0 saturated heterocycles. The maximum atomic E-state index is 12.6. The van der Waals surface area contributed by atoms with E-state index in [1.165, 1.54) is 0 Å². The molecule has 0 bridgehead atoms. The molecule has 0 spiro atoms. The second kappa shape index (κ2) is 5.89. The minimum absolute atomic E-state index is 0.0398. The first-order valence-electron chi connectivity index (χ1n) is 4.98. The molecule has 1 heterocycles. The van der Waals surface area contributed by atoms with Crippen LogP contribution in [0.4, 0.5) is 2.86 Å². The maximum absolute atomic E-state index is 12.6. The van der Waals surface area contributed by atoms with Gasteiger partial charge in [-0.25, -0.2) is 0 Å². The van der Waals surface area contributed by atoms with E-state index in [1.807, 2.05) is 6.92 Å². The molecule has 8 heteroatoms. The van der Waals surface area contributed by atoms with Gasteiger partial charge in [0.05, 0.1) is 0 Å². The fourth-order valence-corrected chi connectivity index (χ4v) is 3.01. The topological polar surface area (TPSA) is 69.0 Å². The Hall–Kier alpha value is -0.510. The number of nitrogens with zero attached hydrogens (tertiary/aromatic N) is 2. The number of hydrogen-bond acceptors (Lipinski definition) is 4. The number of sulfone groups is 1. The second-order valence-corrected chi connectivity index (χ2v) is 6.97. The predicted octanol–water partition coefficient (Wildman–Crippen LogP) is -2.41. The molecule has 0 aliphatic heterocycles. The third kappa shape index (κ3) is 3.73. The first-order chi connectivity index (χ1) is 7.90. The van der Waals surface area contributed by atoms with Gasteiger partial charge in [-0.15, -0.1) is 0 Å². The zero-order chi connectivity index (χ0) is 13.1. The molecule has 0 radical (unpaired) electrons. The summed E-state index contributed by atoms with van der Waals surface area (Å²) in [6.07, 6.45) is 2.47. The van der Waals surface area contributed by atoms with Crippen LogP contribution in [0.2, 0.25) is 0 Å². The van der Waals surface area contributed by atoms with E-state index in [0.29, 0.717) is 6.42 Å². The van der Waals surface area contributed by atoms with Crippen molar-refractivity contribution in [1.82, 2.24) is 9.55 Å². The molecule has 1 rings (SSSR count). The summed E-state index contributed by atoms with van der Waals surface area (Å²) < 4.78 is 36.6. The number of unbranched alkanes of at least 4 members (excludes halogenated alkanes) is 1. The average Bonchev–Trinajstić information content (AvgIpc) is 2.25. The zero-order valence-corrected chi connectivity index (χ0v) is 12.5. The molecule has 1 aromatic heterocycles. The quantitative estimate of drug-likeness (QED) is 0.327. The molecule has 0 N–H and O–H groups in total. The summed E-state index contributed by atoms with van der Waals surface area (Å²) in [5.41, 5.74) is -0.499. The van der Waals surface area contributed by atoms with Crippen LogP contribution in [-0.2, 0) is 16.4 Å². The first kappa shape index (κ1) is 14.6. The average molecular weight is 375 g/mol. The van der Waals surface area contributed by atoms with Crippen LogP contribution in [0.1, 0.15) is 19.8 Å². The number of rotatable bonds is 5. The number of hydrogen-bond donors (Lipinski definition) is 0. The molecule has 98 valence electrons. The Morgan fingerprint density at radius 2 is 2.18 bits per heavy atom. The van der Waals surface area contributed by atoms with Crippen LogP contribution in [-0.4, -0.2) is 24.2 Å². The Labute approximate surface area is 110 Å². The van der Waals surface area contributed by atoms with E-state index in [1.54, 1.807) is 0 Å². The van der Waals surface area contributed by atoms with Crippen molar-refractivity contribution in [2.24, 2.45) is 0 Å². The van der Waals surface area contributed by atoms with Crippen LogP contribution in [0.15, 0.2) is 16.0 Å². The van der Waals surface area contributed by atoms with Gasteiger partial charge in [0, 0.05) is 0 Å². The number of aromatic nitrogens is 2. The SMILES string of the molecule is CCCCn1c(S(C)(=O)=O)nc([I-]F)cc1=O. The van der Waals surface area contributed by atoms with Crippen LogP contribution in [0.5, 0.6) is 0 Å². The van der Waals surface area contributed by atoms with E-state index in [4.69, 9.17) is 0 Å². The summed E-state index contributed by atoms with van der Waals surface area (Å²) in [6, 6.07) is 1.08. The molecular weight excluding hydrogens is 362 g/mol. The monoisotopic (exact) mass is 375 g/mol. The van der Waals surface area contributed by atoms with Gasteiger partial charge in [-0.05, 0) is 0 Å². The van der Waals surface area contributed by atoms with Crippen LogP contribution >= 0.6 is 0 Å². The van der Waals surface area contributed by atoms with Gasteiger partial charge in [0.2, 0.25) is 0 Å². The number of halogens is 2. The molecule has 0 saturated carbocycles. The Balaban J connectivity index is 3.41. The molecule has 0 atom stereocenters. The van der Waals surface area contributed by atoms with E-state index in [0.717, 1.165) is 23.3 Å². The van der Waals surface area contributed by atoms with E-state index in [-0.39, 0.29) is 15.4 Å². The molecule has 17 heavy (non-hydrogen) atoms. The Morgan fingerprint density at radius 1 is 1.53 bits per heavy atom. The second-order valence-electron chi connectivity index (χ2n) is 3.55. The molecule has 0 aliphatic rings. The van der Waals surface area contributed by atoms with Crippen LogP contribution in [0.3, 0.4) is 0 Å². The zero-order valence-electron chi connectivity index (χ0n) is 9.48. The molecule has 0 unspecified atom stereocenters. The molecular formula is C9H13FIN2O3S-. The summed E-state index contributed by atoms with van der Waals surface area (Å²) in [4.78, 5) is 15.4. The molecule has 1 aromatic rings. The van der Waals surface area contributed by atoms with Gasteiger partial charge >= 0.3 is 110 Å². The summed E-state index contributed by atoms with van der Waals surface area (Å²) in [5, 5.41) is -0.328. The van der Waals surface area contributed by atoms with Gasteiger partial charge in [0.15, 0.2) is 0 Å². The Morgan fingerprint density at radius 3 is 2.65 bits per heavy atom. The van der Waals surface area contributed by atoms with E-state index < -0.39 is 37.2 Å². The van der Waals surface area contributed by atoms with Crippen molar-refractivity contribution in [3.63, 3.8) is 0 Å². The standard InChI is InChI=1S/C9H13FIN2O3S/c1-3-4-5-13-8(14)6-7(11-10)12-9(13)17(2,15)16/h6H,3-5H2,1-2H3/q-1. The van der Waals surface area contributed by atoms with Crippen molar-refractivity contribution in [2.45, 2.75) is 31.5 Å². The third-order valence-corrected chi connectivity index (χ3v) is 4.03. The third-order valence-electron chi connectivity index (χ3n) is 2.08. The van der Waals surface area contributed by atoms with Crippen molar-refractivity contribution >= 4 is 9.84 Å². The predicted molar refractivity (Wildman–Crippen MR) is 56.3 cm³/mol. The normalized spacial score (nSPS) is 11.9. The first-order valence-corrected chi connectivity index (χ1v) is 8.76. The van der Waals surface area contributed by atoms with Gasteiger partial charge in [0.25, 0.3) is 0 Å². The molecule has 5 nitrogen and oxygen atoms in total.